The zero-order valence-corrected chi connectivity index (χ0v) is 10.5. The molecule has 0 N–H and O–H groups in total. The van der Waals surface area contributed by atoms with Crippen LogP contribution in [0.2, 0.25) is 0 Å². The number of hydrogen-bond acceptors (Lipinski definition) is 4. The van der Waals surface area contributed by atoms with Gasteiger partial charge >= 0.3 is 0 Å². The standard InChI is InChI=1S/C13H16N4O/c1-2-16-5-7-17(8-6-16)13(18)12-4-3-11(9-14)10-15-12/h3-4,10H,2,5-8H2,1H3. The van der Waals surface area contributed by atoms with Crippen LogP contribution in [0.15, 0.2) is 18.3 Å². The summed E-state index contributed by atoms with van der Waals surface area (Å²) < 4.78 is 0. The fourth-order valence-corrected chi connectivity index (χ4v) is 2.02. The highest BCUT2D eigenvalue weighted by atomic mass is 16.2. The van der Waals surface area contributed by atoms with Crippen molar-refractivity contribution in [2.45, 2.75) is 6.92 Å². The van der Waals surface area contributed by atoms with Gasteiger partial charge in [-0.05, 0) is 18.7 Å². The molecule has 18 heavy (non-hydrogen) atoms. The van der Waals surface area contributed by atoms with E-state index in [2.05, 4.69) is 16.8 Å². The van der Waals surface area contributed by atoms with Crippen LogP contribution in [-0.2, 0) is 0 Å². The van der Waals surface area contributed by atoms with E-state index < -0.39 is 0 Å². The molecule has 0 unspecified atom stereocenters. The first-order valence-corrected chi connectivity index (χ1v) is 6.12. The lowest BCUT2D eigenvalue weighted by atomic mass is 10.2. The van der Waals surface area contributed by atoms with Crippen LogP contribution in [0.4, 0.5) is 0 Å². The van der Waals surface area contributed by atoms with Gasteiger partial charge in [0.1, 0.15) is 11.8 Å². The van der Waals surface area contributed by atoms with Gasteiger partial charge in [-0.25, -0.2) is 4.98 Å². The molecule has 2 rings (SSSR count). The van der Waals surface area contributed by atoms with Crippen molar-refractivity contribution in [1.82, 2.24) is 14.8 Å². The average Bonchev–Trinajstić information content (AvgIpc) is 2.47. The Balaban J connectivity index is 2.01. The Bertz CT molecular complexity index is 455. The molecule has 1 aromatic rings. The molecule has 2 heterocycles. The molecular formula is C13H16N4O. The summed E-state index contributed by atoms with van der Waals surface area (Å²) in [5.41, 5.74) is 0.890. The molecule has 5 heteroatoms. The SMILES string of the molecule is CCN1CCN(C(=O)c2ccc(C#N)cn2)CC1. The second-order valence-corrected chi connectivity index (χ2v) is 4.27. The smallest absolute Gasteiger partial charge is 0.272 e. The number of carbonyl (C=O) groups is 1. The highest BCUT2D eigenvalue weighted by Crippen LogP contribution is 2.07. The van der Waals surface area contributed by atoms with E-state index in [-0.39, 0.29) is 5.91 Å². The number of rotatable bonds is 2. The Morgan fingerprint density at radius 2 is 2.11 bits per heavy atom. The van der Waals surface area contributed by atoms with Crippen LogP contribution in [0, 0.1) is 11.3 Å². The maximum absolute atomic E-state index is 12.2. The number of piperazine rings is 1. The summed E-state index contributed by atoms with van der Waals surface area (Å²) >= 11 is 0. The van der Waals surface area contributed by atoms with Gasteiger partial charge in [-0.15, -0.1) is 0 Å². The van der Waals surface area contributed by atoms with Crippen molar-refractivity contribution in [3.8, 4) is 6.07 Å². The Morgan fingerprint density at radius 3 is 2.61 bits per heavy atom. The molecule has 1 amide bonds. The van der Waals surface area contributed by atoms with E-state index >= 15 is 0 Å². The van der Waals surface area contributed by atoms with Gasteiger partial charge in [0.25, 0.3) is 5.91 Å². The van der Waals surface area contributed by atoms with Crippen LogP contribution in [-0.4, -0.2) is 53.4 Å². The van der Waals surface area contributed by atoms with Crippen molar-refractivity contribution < 1.29 is 4.79 Å². The van der Waals surface area contributed by atoms with Crippen LogP contribution in [0.25, 0.3) is 0 Å². The van der Waals surface area contributed by atoms with Crippen LogP contribution >= 0.6 is 0 Å². The first kappa shape index (κ1) is 12.5. The van der Waals surface area contributed by atoms with Gasteiger partial charge in [-0.2, -0.15) is 5.26 Å². The number of hydrogen-bond donors (Lipinski definition) is 0. The second-order valence-electron chi connectivity index (χ2n) is 4.27. The normalized spacial score (nSPS) is 16.3. The molecule has 1 aliphatic heterocycles. The minimum absolute atomic E-state index is 0.0461. The molecule has 1 aromatic heterocycles. The van der Waals surface area contributed by atoms with E-state index in [1.807, 2.05) is 11.0 Å². The van der Waals surface area contributed by atoms with Crippen LogP contribution in [0.5, 0.6) is 0 Å². The molecule has 1 fully saturated rings. The van der Waals surface area contributed by atoms with Crippen LogP contribution in [0.1, 0.15) is 23.0 Å². The minimum Gasteiger partial charge on any atom is -0.335 e. The fraction of sp³-hybridized carbons (Fsp3) is 0.462. The Kier molecular flexibility index (Phi) is 3.90. The summed E-state index contributed by atoms with van der Waals surface area (Å²) in [6.07, 6.45) is 1.44. The van der Waals surface area contributed by atoms with Gasteiger partial charge in [0.05, 0.1) is 5.56 Å². The molecule has 1 saturated heterocycles. The van der Waals surface area contributed by atoms with E-state index in [4.69, 9.17) is 5.26 Å². The van der Waals surface area contributed by atoms with Gasteiger partial charge in [-0.3, -0.25) is 4.79 Å². The van der Waals surface area contributed by atoms with Crippen molar-refractivity contribution >= 4 is 5.91 Å². The minimum atomic E-state index is -0.0461. The Labute approximate surface area is 107 Å². The summed E-state index contributed by atoms with van der Waals surface area (Å²) in [4.78, 5) is 20.3. The number of nitriles is 1. The van der Waals surface area contributed by atoms with E-state index in [9.17, 15) is 4.79 Å². The molecule has 0 spiro atoms. The van der Waals surface area contributed by atoms with Gasteiger partial charge in [0, 0.05) is 32.4 Å². The number of amides is 1. The number of pyridine rings is 1. The van der Waals surface area contributed by atoms with Crippen molar-refractivity contribution in [1.29, 1.82) is 5.26 Å². The topological polar surface area (TPSA) is 60.2 Å². The second kappa shape index (κ2) is 5.61. The lowest BCUT2D eigenvalue weighted by molar-refractivity contribution is 0.0637. The highest BCUT2D eigenvalue weighted by Gasteiger charge is 2.21. The largest absolute Gasteiger partial charge is 0.335 e. The molecular weight excluding hydrogens is 228 g/mol. The Hall–Kier alpha value is -1.93. The first-order chi connectivity index (χ1) is 8.74. The van der Waals surface area contributed by atoms with E-state index in [0.29, 0.717) is 11.3 Å². The molecule has 0 radical (unpaired) electrons. The third-order valence-electron chi connectivity index (χ3n) is 3.22. The fourth-order valence-electron chi connectivity index (χ4n) is 2.02. The molecule has 0 saturated carbocycles. The zero-order valence-electron chi connectivity index (χ0n) is 10.5. The van der Waals surface area contributed by atoms with Gasteiger partial charge in [-0.1, -0.05) is 6.92 Å². The van der Waals surface area contributed by atoms with Crippen molar-refractivity contribution in [3.05, 3.63) is 29.6 Å². The third kappa shape index (κ3) is 2.66. The number of nitrogens with zero attached hydrogens (tertiary/aromatic N) is 4. The molecule has 0 aromatic carbocycles. The van der Waals surface area contributed by atoms with Crippen molar-refractivity contribution in [3.63, 3.8) is 0 Å². The average molecular weight is 244 g/mol. The molecule has 1 aliphatic rings. The maximum atomic E-state index is 12.2. The van der Waals surface area contributed by atoms with Crippen molar-refractivity contribution in [2.24, 2.45) is 0 Å². The van der Waals surface area contributed by atoms with E-state index in [0.717, 1.165) is 32.7 Å². The van der Waals surface area contributed by atoms with E-state index in [1.165, 1.54) is 6.20 Å². The summed E-state index contributed by atoms with van der Waals surface area (Å²) in [7, 11) is 0. The summed E-state index contributed by atoms with van der Waals surface area (Å²) in [5.74, 6) is -0.0461. The lowest BCUT2D eigenvalue weighted by Crippen LogP contribution is -2.48. The highest BCUT2D eigenvalue weighted by molar-refractivity contribution is 5.92. The van der Waals surface area contributed by atoms with Crippen LogP contribution in [0.3, 0.4) is 0 Å². The third-order valence-corrected chi connectivity index (χ3v) is 3.22. The van der Waals surface area contributed by atoms with E-state index in [1.54, 1.807) is 12.1 Å². The molecule has 0 aliphatic carbocycles. The van der Waals surface area contributed by atoms with Crippen molar-refractivity contribution in [2.75, 3.05) is 32.7 Å². The van der Waals surface area contributed by atoms with Gasteiger partial charge < -0.3 is 9.80 Å². The first-order valence-electron chi connectivity index (χ1n) is 6.12. The van der Waals surface area contributed by atoms with Crippen LogP contribution < -0.4 is 0 Å². The monoisotopic (exact) mass is 244 g/mol. The number of likely N-dealkylation sites (N-methyl/N-ethyl adjacent to an activating group) is 1. The summed E-state index contributed by atoms with van der Waals surface area (Å²) in [6.45, 7) is 6.47. The molecule has 0 bridgehead atoms. The quantitative estimate of drug-likeness (QED) is 0.769. The summed E-state index contributed by atoms with van der Waals surface area (Å²) in [6, 6.07) is 5.24. The molecule has 5 nitrogen and oxygen atoms in total. The predicted octanol–water partition coefficient (Wildman–Crippen LogP) is 0.731. The summed E-state index contributed by atoms with van der Waals surface area (Å²) in [5, 5.41) is 8.68. The number of carbonyl (C=O) groups excluding carboxylic acids is 1. The Morgan fingerprint density at radius 1 is 1.39 bits per heavy atom. The molecule has 94 valence electrons. The lowest BCUT2D eigenvalue weighted by Gasteiger charge is -2.33. The van der Waals surface area contributed by atoms with Gasteiger partial charge in [0.15, 0.2) is 0 Å². The number of aromatic nitrogens is 1. The maximum Gasteiger partial charge on any atom is 0.272 e. The zero-order chi connectivity index (χ0) is 13.0. The predicted molar refractivity (Wildman–Crippen MR) is 67.0 cm³/mol. The molecule has 0 atom stereocenters. The van der Waals surface area contributed by atoms with Gasteiger partial charge in [0.2, 0.25) is 0 Å².